The first-order valence-corrected chi connectivity index (χ1v) is 12.6. The topological polar surface area (TPSA) is 87.0 Å². The summed E-state index contributed by atoms with van der Waals surface area (Å²) < 4.78 is 0. The minimum absolute atomic E-state index is 0.0435. The molecule has 0 N–H and O–H groups in total. The number of nitrogens with zero attached hydrogens (tertiary/aromatic N) is 4. The molecular weight excluding hydrogens is 464 g/mol. The van der Waals surface area contributed by atoms with Crippen LogP contribution in [-0.4, -0.2) is 70.7 Å². The van der Waals surface area contributed by atoms with Crippen LogP contribution in [0.1, 0.15) is 32.4 Å². The number of nitro groups is 1. The van der Waals surface area contributed by atoms with Crippen LogP contribution in [-0.2, 0) is 11.2 Å². The van der Waals surface area contributed by atoms with E-state index in [1.807, 2.05) is 23.1 Å². The third kappa shape index (κ3) is 4.82. The predicted octanol–water partition coefficient (Wildman–Crippen LogP) is 3.59. The molecule has 2 aromatic carbocycles. The standard InChI is InChI=1S/C26H26N4O4S/c31-24(18-29-12-10-23-22(11-17-35-23)25(29)19-4-2-1-3-5-19)27-13-15-28(16-14-27)26(32)20-6-8-21(9-7-20)30(33)34/h1-9,11,17,25H,10,12-16,18H2. The lowest BCUT2D eigenvalue weighted by Gasteiger charge is -2.39. The van der Waals surface area contributed by atoms with E-state index in [4.69, 9.17) is 0 Å². The van der Waals surface area contributed by atoms with Gasteiger partial charge in [-0.05, 0) is 41.1 Å². The molecule has 1 unspecified atom stereocenters. The van der Waals surface area contributed by atoms with Gasteiger partial charge < -0.3 is 9.80 Å². The zero-order valence-electron chi connectivity index (χ0n) is 19.2. The summed E-state index contributed by atoms with van der Waals surface area (Å²) in [4.78, 5) is 43.6. The summed E-state index contributed by atoms with van der Waals surface area (Å²) >= 11 is 1.78. The molecule has 1 atom stereocenters. The van der Waals surface area contributed by atoms with E-state index >= 15 is 0 Å². The Morgan fingerprint density at radius 2 is 1.60 bits per heavy atom. The van der Waals surface area contributed by atoms with Crippen molar-refractivity contribution in [3.63, 3.8) is 0 Å². The molecule has 0 saturated carbocycles. The van der Waals surface area contributed by atoms with Gasteiger partial charge in [0.05, 0.1) is 17.5 Å². The van der Waals surface area contributed by atoms with E-state index in [0.717, 1.165) is 13.0 Å². The highest BCUT2D eigenvalue weighted by molar-refractivity contribution is 7.10. The lowest BCUT2D eigenvalue weighted by Crippen LogP contribution is -2.53. The molecular formula is C26H26N4O4S. The van der Waals surface area contributed by atoms with Gasteiger partial charge in [-0.1, -0.05) is 30.3 Å². The summed E-state index contributed by atoms with van der Waals surface area (Å²) in [5.41, 5.74) is 2.86. The number of benzene rings is 2. The molecule has 35 heavy (non-hydrogen) atoms. The number of carbonyl (C=O) groups is 2. The second kappa shape index (κ2) is 9.97. The number of fused-ring (bicyclic) bond motifs is 1. The van der Waals surface area contributed by atoms with Gasteiger partial charge in [0.15, 0.2) is 0 Å². The van der Waals surface area contributed by atoms with Gasteiger partial charge >= 0.3 is 0 Å². The number of non-ortho nitro benzene ring substituents is 1. The predicted molar refractivity (Wildman–Crippen MR) is 133 cm³/mol. The lowest BCUT2D eigenvalue weighted by molar-refractivity contribution is -0.384. The van der Waals surface area contributed by atoms with E-state index in [-0.39, 0.29) is 23.5 Å². The van der Waals surface area contributed by atoms with Crippen LogP contribution in [0, 0.1) is 10.1 Å². The number of thiophene rings is 1. The molecule has 0 aliphatic carbocycles. The fourth-order valence-corrected chi connectivity index (χ4v) is 5.81. The first-order valence-electron chi connectivity index (χ1n) is 11.7. The lowest BCUT2D eigenvalue weighted by atomic mass is 9.93. The van der Waals surface area contributed by atoms with Crippen LogP contribution >= 0.6 is 11.3 Å². The van der Waals surface area contributed by atoms with Gasteiger partial charge in [-0.2, -0.15) is 0 Å². The zero-order valence-corrected chi connectivity index (χ0v) is 20.0. The summed E-state index contributed by atoms with van der Waals surface area (Å²) in [7, 11) is 0. The molecule has 1 saturated heterocycles. The smallest absolute Gasteiger partial charge is 0.269 e. The molecule has 9 heteroatoms. The molecule has 0 radical (unpaired) electrons. The molecule has 1 fully saturated rings. The Labute approximate surface area is 207 Å². The second-order valence-electron chi connectivity index (χ2n) is 8.81. The summed E-state index contributed by atoms with van der Waals surface area (Å²) in [6.07, 6.45) is 0.946. The molecule has 8 nitrogen and oxygen atoms in total. The van der Waals surface area contributed by atoms with Gasteiger partial charge in [0.1, 0.15) is 0 Å². The number of amides is 2. The van der Waals surface area contributed by atoms with Crippen LogP contribution in [0.3, 0.4) is 0 Å². The maximum Gasteiger partial charge on any atom is 0.269 e. The minimum Gasteiger partial charge on any atom is -0.338 e. The number of hydrogen-bond donors (Lipinski definition) is 0. The normalized spacial score (nSPS) is 18.2. The number of carbonyl (C=O) groups excluding carboxylic acids is 2. The Hall–Kier alpha value is -3.56. The number of hydrogen-bond acceptors (Lipinski definition) is 6. The molecule has 3 aromatic rings. The fraction of sp³-hybridized carbons (Fsp3) is 0.308. The van der Waals surface area contributed by atoms with Crippen LogP contribution in [0.5, 0.6) is 0 Å². The van der Waals surface area contributed by atoms with E-state index in [1.54, 1.807) is 16.2 Å². The fourth-order valence-electron chi connectivity index (χ4n) is 4.91. The molecule has 2 amide bonds. The quantitative estimate of drug-likeness (QED) is 0.403. The average Bonchev–Trinajstić information content (AvgIpc) is 3.37. The molecule has 1 aromatic heterocycles. The van der Waals surface area contributed by atoms with Crippen molar-refractivity contribution in [2.45, 2.75) is 12.5 Å². The van der Waals surface area contributed by atoms with E-state index in [2.05, 4.69) is 28.5 Å². The van der Waals surface area contributed by atoms with Crippen molar-refractivity contribution in [3.05, 3.63) is 97.7 Å². The highest BCUT2D eigenvalue weighted by Gasteiger charge is 2.33. The third-order valence-corrected chi connectivity index (χ3v) is 7.76. The third-order valence-electron chi connectivity index (χ3n) is 6.76. The zero-order chi connectivity index (χ0) is 24.4. The minimum atomic E-state index is -0.484. The first-order chi connectivity index (χ1) is 17.0. The summed E-state index contributed by atoms with van der Waals surface area (Å²) in [6, 6.07) is 18.2. The largest absolute Gasteiger partial charge is 0.338 e. The van der Waals surface area contributed by atoms with Crippen LogP contribution < -0.4 is 0 Å². The van der Waals surface area contributed by atoms with Crippen molar-refractivity contribution in [1.82, 2.24) is 14.7 Å². The van der Waals surface area contributed by atoms with Crippen molar-refractivity contribution in [3.8, 4) is 0 Å². The molecule has 2 aliphatic rings. The maximum atomic E-state index is 13.3. The van der Waals surface area contributed by atoms with Gasteiger partial charge in [0, 0.05) is 55.3 Å². The van der Waals surface area contributed by atoms with Crippen molar-refractivity contribution in [2.75, 3.05) is 39.3 Å². The summed E-state index contributed by atoms with van der Waals surface area (Å²) in [5, 5.41) is 13.0. The van der Waals surface area contributed by atoms with Gasteiger partial charge in [0.25, 0.3) is 11.6 Å². The molecule has 0 spiro atoms. The highest BCUT2D eigenvalue weighted by atomic mass is 32.1. The monoisotopic (exact) mass is 490 g/mol. The van der Waals surface area contributed by atoms with Crippen molar-refractivity contribution in [2.24, 2.45) is 0 Å². The Morgan fingerprint density at radius 3 is 2.29 bits per heavy atom. The van der Waals surface area contributed by atoms with Crippen molar-refractivity contribution < 1.29 is 14.5 Å². The van der Waals surface area contributed by atoms with Crippen LogP contribution in [0.2, 0.25) is 0 Å². The summed E-state index contributed by atoms with van der Waals surface area (Å²) in [6.45, 7) is 3.01. The molecule has 180 valence electrons. The average molecular weight is 491 g/mol. The van der Waals surface area contributed by atoms with E-state index in [9.17, 15) is 19.7 Å². The Bertz CT molecular complexity index is 1220. The van der Waals surface area contributed by atoms with Crippen LogP contribution in [0.15, 0.2) is 66.0 Å². The second-order valence-corrected chi connectivity index (χ2v) is 9.81. The summed E-state index contributed by atoms with van der Waals surface area (Å²) in [5.74, 6) is -0.0933. The first kappa shape index (κ1) is 23.2. The Kier molecular flexibility index (Phi) is 6.61. The number of piperazine rings is 1. The van der Waals surface area contributed by atoms with Gasteiger partial charge in [-0.25, -0.2) is 0 Å². The van der Waals surface area contributed by atoms with Gasteiger partial charge in [-0.15, -0.1) is 11.3 Å². The number of nitro benzene ring substituents is 1. The van der Waals surface area contributed by atoms with Crippen LogP contribution in [0.4, 0.5) is 5.69 Å². The molecule has 2 aliphatic heterocycles. The Morgan fingerprint density at radius 1 is 0.914 bits per heavy atom. The van der Waals surface area contributed by atoms with Gasteiger partial charge in [0.2, 0.25) is 5.91 Å². The molecule has 5 rings (SSSR count). The number of rotatable bonds is 5. The van der Waals surface area contributed by atoms with E-state index in [1.165, 1.54) is 40.3 Å². The van der Waals surface area contributed by atoms with Crippen molar-refractivity contribution >= 4 is 28.8 Å². The SMILES string of the molecule is O=C(CN1CCc2sccc2C1c1ccccc1)N1CCN(C(=O)c2ccc([N+](=O)[O-])cc2)CC1. The van der Waals surface area contributed by atoms with Crippen LogP contribution in [0.25, 0.3) is 0 Å². The maximum absolute atomic E-state index is 13.3. The van der Waals surface area contributed by atoms with Gasteiger partial charge in [-0.3, -0.25) is 24.6 Å². The van der Waals surface area contributed by atoms with E-state index < -0.39 is 4.92 Å². The molecule has 0 bridgehead atoms. The molecule has 3 heterocycles. The highest BCUT2D eigenvalue weighted by Crippen LogP contribution is 2.37. The van der Waals surface area contributed by atoms with Crippen molar-refractivity contribution in [1.29, 1.82) is 0 Å². The Balaban J connectivity index is 1.22. The van der Waals surface area contributed by atoms with E-state index in [0.29, 0.717) is 38.3 Å².